The van der Waals surface area contributed by atoms with Crippen LogP contribution in [0, 0.1) is 6.92 Å². The standard InChI is InChI=1S/C9H12OS/c1-7-6-8(11(2)3)4-5-9(7)10/h4-6H,1-3H3/p+1. The Balaban J connectivity index is 3.05. The van der Waals surface area contributed by atoms with Crippen molar-refractivity contribution in [1.29, 1.82) is 0 Å². The van der Waals surface area contributed by atoms with E-state index in [0.717, 1.165) is 5.56 Å². The maximum absolute atomic E-state index is 9.23. The van der Waals surface area contributed by atoms with E-state index in [2.05, 4.69) is 12.5 Å². The molecule has 0 aliphatic heterocycles. The number of rotatable bonds is 1. The Hall–Kier alpha value is -0.630. The molecule has 0 bridgehead atoms. The van der Waals surface area contributed by atoms with Gasteiger partial charge in [0.15, 0.2) is 4.90 Å². The highest BCUT2D eigenvalue weighted by Crippen LogP contribution is 2.19. The summed E-state index contributed by atoms with van der Waals surface area (Å²) in [5.74, 6) is 0.388. The van der Waals surface area contributed by atoms with Crippen LogP contribution >= 0.6 is 0 Å². The summed E-state index contributed by atoms with van der Waals surface area (Å²) in [7, 11) is 0.291. The molecular formula is C9H13OS+. The fourth-order valence-corrected chi connectivity index (χ4v) is 1.63. The molecule has 0 aromatic heterocycles. The van der Waals surface area contributed by atoms with Gasteiger partial charge in [-0.25, -0.2) is 0 Å². The second-order valence-corrected chi connectivity index (χ2v) is 4.87. The number of aryl methyl sites for hydroxylation is 1. The zero-order valence-electron chi connectivity index (χ0n) is 7.09. The first-order valence-electron chi connectivity index (χ1n) is 3.48. The van der Waals surface area contributed by atoms with Gasteiger partial charge in [0, 0.05) is 10.9 Å². The summed E-state index contributed by atoms with van der Waals surface area (Å²) in [5, 5.41) is 9.23. The van der Waals surface area contributed by atoms with Crippen molar-refractivity contribution in [2.45, 2.75) is 11.8 Å². The summed E-state index contributed by atoms with van der Waals surface area (Å²) in [5.41, 5.74) is 0.962. The van der Waals surface area contributed by atoms with Gasteiger partial charge in [-0.2, -0.15) is 0 Å². The minimum atomic E-state index is 0.291. The molecule has 1 nitrogen and oxygen atoms in total. The van der Waals surface area contributed by atoms with E-state index < -0.39 is 0 Å². The van der Waals surface area contributed by atoms with Crippen LogP contribution in [0.5, 0.6) is 5.75 Å². The fourth-order valence-electron chi connectivity index (χ4n) is 0.882. The molecule has 0 heterocycles. The fraction of sp³-hybridized carbons (Fsp3) is 0.333. The van der Waals surface area contributed by atoms with E-state index in [-0.39, 0.29) is 0 Å². The van der Waals surface area contributed by atoms with Crippen molar-refractivity contribution in [2.75, 3.05) is 12.5 Å². The summed E-state index contributed by atoms with van der Waals surface area (Å²) in [6, 6.07) is 5.78. The lowest BCUT2D eigenvalue weighted by atomic mass is 10.2. The summed E-state index contributed by atoms with van der Waals surface area (Å²) >= 11 is 0. The van der Waals surface area contributed by atoms with Crippen LogP contribution in [0.2, 0.25) is 0 Å². The average molecular weight is 169 g/mol. The molecule has 0 spiro atoms. The van der Waals surface area contributed by atoms with Gasteiger partial charge in [-0.3, -0.25) is 0 Å². The van der Waals surface area contributed by atoms with Gasteiger partial charge in [0.05, 0.1) is 0 Å². The molecule has 0 amide bonds. The van der Waals surface area contributed by atoms with Crippen LogP contribution in [0.15, 0.2) is 23.1 Å². The number of hydrogen-bond donors (Lipinski definition) is 1. The molecule has 0 aliphatic carbocycles. The third kappa shape index (κ3) is 1.90. The van der Waals surface area contributed by atoms with Crippen molar-refractivity contribution < 1.29 is 5.11 Å². The lowest BCUT2D eigenvalue weighted by Gasteiger charge is -1.99. The van der Waals surface area contributed by atoms with Gasteiger partial charge >= 0.3 is 0 Å². The van der Waals surface area contributed by atoms with Crippen LogP contribution in [0.25, 0.3) is 0 Å². The maximum Gasteiger partial charge on any atom is 0.154 e. The second kappa shape index (κ2) is 3.18. The molecule has 1 aromatic rings. The molecule has 11 heavy (non-hydrogen) atoms. The Morgan fingerprint density at radius 3 is 2.36 bits per heavy atom. The van der Waals surface area contributed by atoms with Crippen LogP contribution in [0.4, 0.5) is 0 Å². The Bertz CT molecular complexity index is 256. The van der Waals surface area contributed by atoms with Gasteiger partial charge < -0.3 is 5.11 Å². The minimum absolute atomic E-state index is 0.291. The molecule has 1 rings (SSSR count). The van der Waals surface area contributed by atoms with E-state index >= 15 is 0 Å². The van der Waals surface area contributed by atoms with Crippen LogP contribution in [-0.4, -0.2) is 17.6 Å². The zero-order chi connectivity index (χ0) is 8.43. The minimum Gasteiger partial charge on any atom is -0.508 e. The highest BCUT2D eigenvalue weighted by Gasteiger charge is 2.08. The predicted molar refractivity (Wildman–Crippen MR) is 50.3 cm³/mol. The van der Waals surface area contributed by atoms with Gasteiger partial charge in [-0.1, -0.05) is 0 Å². The molecular weight excluding hydrogens is 156 g/mol. The summed E-state index contributed by atoms with van der Waals surface area (Å²) in [6.45, 7) is 1.92. The third-order valence-electron chi connectivity index (χ3n) is 1.64. The molecule has 1 aromatic carbocycles. The highest BCUT2D eigenvalue weighted by atomic mass is 32.2. The first-order valence-corrected chi connectivity index (χ1v) is 5.52. The van der Waals surface area contributed by atoms with Gasteiger partial charge in [0.2, 0.25) is 0 Å². The van der Waals surface area contributed by atoms with Gasteiger partial charge in [0.1, 0.15) is 18.3 Å². The third-order valence-corrected chi connectivity index (χ3v) is 2.84. The van der Waals surface area contributed by atoms with E-state index in [4.69, 9.17) is 0 Å². The van der Waals surface area contributed by atoms with Crippen molar-refractivity contribution in [2.24, 2.45) is 0 Å². The summed E-state index contributed by atoms with van der Waals surface area (Å²) in [6.07, 6.45) is 4.34. The van der Waals surface area contributed by atoms with Crippen LogP contribution in [0.1, 0.15) is 5.56 Å². The van der Waals surface area contributed by atoms with Crippen molar-refractivity contribution in [1.82, 2.24) is 0 Å². The van der Waals surface area contributed by atoms with Crippen LogP contribution < -0.4 is 0 Å². The van der Waals surface area contributed by atoms with Crippen molar-refractivity contribution >= 4 is 10.9 Å². The Kier molecular flexibility index (Phi) is 2.45. The topological polar surface area (TPSA) is 20.2 Å². The molecule has 0 atom stereocenters. The van der Waals surface area contributed by atoms with E-state index in [0.29, 0.717) is 16.6 Å². The molecule has 0 saturated carbocycles. The molecule has 0 fully saturated rings. The lowest BCUT2D eigenvalue weighted by Crippen LogP contribution is -1.95. The van der Waals surface area contributed by atoms with E-state index in [9.17, 15) is 5.11 Å². The second-order valence-electron chi connectivity index (χ2n) is 2.76. The lowest BCUT2D eigenvalue weighted by molar-refractivity contribution is 0.470. The quantitative estimate of drug-likeness (QED) is 0.637. The van der Waals surface area contributed by atoms with E-state index in [1.54, 1.807) is 6.07 Å². The van der Waals surface area contributed by atoms with Gasteiger partial charge in [-0.15, -0.1) is 0 Å². The summed E-state index contributed by atoms with van der Waals surface area (Å²) < 4.78 is 0. The summed E-state index contributed by atoms with van der Waals surface area (Å²) in [4.78, 5) is 1.31. The smallest absolute Gasteiger partial charge is 0.154 e. The molecule has 0 radical (unpaired) electrons. The predicted octanol–water partition coefficient (Wildman–Crippen LogP) is 1.94. The van der Waals surface area contributed by atoms with Gasteiger partial charge in [0.25, 0.3) is 0 Å². The number of benzene rings is 1. The van der Waals surface area contributed by atoms with E-state index in [1.165, 1.54) is 4.90 Å². The highest BCUT2D eigenvalue weighted by molar-refractivity contribution is 7.95. The monoisotopic (exact) mass is 169 g/mol. The van der Waals surface area contributed by atoms with Crippen LogP contribution in [0.3, 0.4) is 0 Å². The maximum atomic E-state index is 9.23. The van der Waals surface area contributed by atoms with E-state index in [1.807, 2.05) is 19.1 Å². The largest absolute Gasteiger partial charge is 0.508 e. The van der Waals surface area contributed by atoms with Crippen LogP contribution in [-0.2, 0) is 10.9 Å². The normalized spacial score (nSPS) is 10.5. The molecule has 0 saturated heterocycles. The van der Waals surface area contributed by atoms with Crippen molar-refractivity contribution in [3.63, 3.8) is 0 Å². The average Bonchev–Trinajstić information content (AvgIpc) is 1.94. The zero-order valence-corrected chi connectivity index (χ0v) is 7.90. The number of phenols is 1. The Morgan fingerprint density at radius 1 is 1.27 bits per heavy atom. The van der Waals surface area contributed by atoms with Gasteiger partial charge in [-0.05, 0) is 30.7 Å². The molecule has 0 aliphatic rings. The number of aromatic hydroxyl groups is 1. The van der Waals surface area contributed by atoms with Crippen molar-refractivity contribution in [3.8, 4) is 5.75 Å². The SMILES string of the molecule is Cc1cc([S+](C)C)ccc1O. The first kappa shape index (κ1) is 8.47. The number of phenolic OH excluding ortho intramolecular Hbond substituents is 1. The Labute approximate surface area is 70.4 Å². The molecule has 1 N–H and O–H groups in total. The first-order chi connectivity index (χ1) is 5.11. The molecule has 2 heteroatoms. The Morgan fingerprint density at radius 2 is 1.91 bits per heavy atom. The van der Waals surface area contributed by atoms with Crippen molar-refractivity contribution in [3.05, 3.63) is 23.8 Å². The molecule has 60 valence electrons. The number of hydrogen-bond acceptors (Lipinski definition) is 1. The molecule has 0 unspecified atom stereocenters.